The summed E-state index contributed by atoms with van der Waals surface area (Å²) in [6.07, 6.45) is -5.36. The van der Waals surface area contributed by atoms with Crippen LogP contribution in [-0.2, 0) is 14.3 Å². The minimum atomic E-state index is -1.71. The molecule has 1 aromatic carbocycles. The Kier molecular flexibility index (Phi) is 5.75. The van der Waals surface area contributed by atoms with Crippen molar-refractivity contribution in [2.45, 2.75) is 30.7 Å². The highest BCUT2D eigenvalue weighted by Crippen LogP contribution is 2.25. The maximum atomic E-state index is 11.6. The van der Waals surface area contributed by atoms with Gasteiger partial charge in [-0.25, -0.2) is 4.79 Å². The van der Waals surface area contributed by atoms with Crippen LogP contribution in [0.25, 0.3) is 6.08 Å². The highest BCUT2D eigenvalue weighted by Gasteiger charge is 2.43. The number of carbonyl (C=O) groups excluding carboxylic acids is 1. The Morgan fingerprint density at radius 2 is 1.79 bits per heavy atom. The van der Waals surface area contributed by atoms with E-state index in [1.165, 1.54) is 24.3 Å². The van der Waals surface area contributed by atoms with Gasteiger partial charge in [-0.3, -0.25) is 0 Å². The Morgan fingerprint density at radius 1 is 1.08 bits per heavy atom. The van der Waals surface area contributed by atoms with E-state index in [4.69, 9.17) is 9.47 Å². The maximum Gasteiger partial charge on any atom is 0.330 e. The van der Waals surface area contributed by atoms with Crippen LogP contribution in [0.4, 0.5) is 0 Å². The first-order valence-electron chi connectivity index (χ1n) is 7.04. The lowest BCUT2D eigenvalue weighted by Gasteiger charge is -2.37. The third-order valence-electron chi connectivity index (χ3n) is 3.49. The Morgan fingerprint density at radius 3 is 2.46 bits per heavy atom. The monoisotopic (exact) mass is 342 g/mol. The second-order valence-electron chi connectivity index (χ2n) is 5.25. The van der Waals surface area contributed by atoms with Crippen molar-refractivity contribution in [2.24, 2.45) is 0 Å². The lowest BCUT2D eigenvalue weighted by atomic mass is 9.99. The Labute approximate surface area is 136 Å². The number of phenols is 2. The summed E-state index contributed by atoms with van der Waals surface area (Å²) in [5.41, 5.74) is 0.435. The largest absolute Gasteiger partial charge is 0.504 e. The molecular weight excluding hydrogens is 324 g/mol. The van der Waals surface area contributed by atoms with E-state index in [9.17, 15) is 35.4 Å². The number of aliphatic hydroxyl groups excluding tert-OH is 4. The van der Waals surface area contributed by atoms with Crippen LogP contribution < -0.4 is 0 Å². The SMILES string of the molecule is O=C(/C=C/c1ccc(O)c(O)c1)OCC1OC(O)C(O)C(O)C1O. The van der Waals surface area contributed by atoms with E-state index in [0.717, 1.165) is 6.08 Å². The molecular formula is C15H18O9. The average molecular weight is 342 g/mol. The van der Waals surface area contributed by atoms with Gasteiger partial charge in [-0.05, 0) is 23.8 Å². The molecule has 1 heterocycles. The molecule has 0 amide bonds. The van der Waals surface area contributed by atoms with Crippen molar-refractivity contribution < 1.29 is 44.9 Å². The fraction of sp³-hybridized carbons (Fsp3) is 0.400. The van der Waals surface area contributed by atoms with Crippen LogP contribution in [0.3, 0.4) is 0 Å². The molecule has 1 aliphatic rings. The number of esters is 1. The molecule has 6 N–H and O–H groups in total. The van der Waals surface area contributed by atoms with Crippen LogP contribution in [0, 0.1) is 0 Å². The summed E-state index contributed by atoms with van der Waals surface area (Å²) in [6.45, 7) is -0.452. The van der Waals surface area contributed by atoms with Crippen molar-refractivity contribution >= 4 is 12.0 Å². The zero-order valence-electron chi connectivity index (χ0n) is 12.4. The zero-order chi connectivity index (χ0) is 17.9. The van der Waals surface area contributed by atoms with Crippen molar-refractivity contribution in [2.75, 3.05) is 6.61 Å². The zero-order valence-corrected chi connectivity index (χ0v) is 12.4. The van der Waals surface area contributed by atoms with E-state index in [1.54, 1.807) is 0 Å². The lowest BCUT2D eigenvalue weighted by Crippen LogP contribution is -2.58. The second-order valence-corrected chi connectivity index (χ2v) is 5.25. The predicted octanol–water partition coefficient (Wildman–Crippen LogP) is -1.55. The molecule has 2 rings (SSSR count). The summed E-state index contributed by atoms with van der Waals surface area (Å²) < 4.78 is 9.69. The molecule has 0 spiro atoms. The van der Waals surface area contributed by atoms with E-state index >= 15 is 0 Å². The summed E-state index contributed by atoms with van der Waals surface area (Å²) >= 11 is 0. The molecule has 9 nitrogen and oxygen atoms in total. The summed E-state index contributed by atoms with van der Waals surface area (Å²) in [6, 6.07) is 3.95. The van der Waals surface area contributed by atoms with Crippen molar-refractivity contribution in [3.8, 4) is 11.5 Å². The third-order valence-corrected chi connectivity index (χ3v) is 3.49. The molecule has 1 aliphatic heterocycles. The van der Waals surface area contributed by atoms with Crippen molar-refractivity contribution in [1.82, 2.24) is 0 Å². The van der Waals surface area contributed by atoms with Crippen LogP contribution in [-0.4, -0.2) is 73.9 Å². The maximum absolute atomic E-state index is 11.6. The van der Waals surface area contributed by atoms with Gasteiger partial charge >= 0.3 is 5.97 Å². The molecule has 1 saturated heterocycles. The first kappa shape index (κ1) is 18.2. The van der Waals surface area contributed by atoms with E-state index in [0.29, 0.717) is 5.56 Å². The van der Waals surface area contributed by atoms with Crippen molar-refractivity contribution in [1.29, 1.82) is 0 Å². The molecule has 0 saturated carbocycles. The van der Waals surface area contributed by atoms with Gasteiger partial charge in [0.15, 0.2) is 17.8 Å². The van der Waals surface area contributed by atoms with Gasteiger partial charge in [-0.1, -0.05) is 6.07 Å². The van der Waals surface area contributed by atoms with Gasteiger partial charge in [-0.2, -0.15) is 0 Å². The first-order valence-corrected chi connectivity index (χ1v) is 7.04. The molecule has 9 heteroatoms. The molecule has 1 aromatic rings. The van der Waals surface area contributed by atoms with Gasteiger partial charge in [0.1, 0.15) is 31.0 Å². The van der Waals surface area contributed by atoms with E-state index in [-0.39, 0.29) is 11.5 Å². The van der Waals surface area contributed by atoms with Crippen molar-refractivity contribution in [3.63, 3.8) is 0 Å². The fourth-order valence-electron chi connectivity index (χ4n) is 2.09. The van der Waals surface area contributed by atoms with Gasteiger partial charge in [0.05, 0.1) is 0 Å². The number of hydrogen-bond acceptors (Lipinski definition) is 9. The molecule has 24 heavy (non-hydrogen) atoms. The van der Waals surface area contributed by atoms with E-state index in [1.807, 2.05) is 0 Å². The standard InChI is InChI=1S/C15H18O9/c16-8-3-1-7(5-9(8)17)2-4-11(18)23-6-10-12(19)13(20)14(21)15(22)24-10/h1-5,10,12-17,19-22H,6H2/b4-2+. The number of phenolic OH excluding ortho intramolecular Hbond substituents is 2. The van der Waals surface area contributed by atoms with Crippen LogP contribution in [0.2, 0.25) is 0 Å². The number of carbonyl (C=O) groups is 1. The molecule has 5 unspecified atom stereocenters. The quantitative estimate of drug-likeness (QED) is 0.217. The molecule has 0 radical (unpaired) electrons. The summed E-state index contributed by atoms with van der Waals surface area (Å²) in [7, 11) is 0. The normalized spacial score (nSPS) is 30.4. The van der Waals surface area contributed by atoms with Gasteiger partial charge < -0.3 is 40.1 Å². The number of aromatic hydroxyl groups is 2. The average Bonchev–Trinajstić information content (AvgIpc) is 2.56. The molecule has 0 aromatic heterocycles. The third kappa shape index (κ3) is 4.22. The minimum absolute atomic E-state index is 0.294. The van der Waals surface area contributed by atoms with E-state index in [2.05, 4.69) is 0 Å². The first-order chi connectivity index (χ1) is 11.3. The predicted molar refractivity (Wildman–Crippen MR) is 78.7 cm³/mol. The van der Waals surface area contributed by atoms with Gasteiger partial charge in [0.25, 0.3) is 0 Å². The topological polar surface area (TPSA) is 157 Å². The molecule has 0 aliphatic carbocycles. The smallest absolute Gasteiger partial charge is 0.330 e. The summed E-state index contributed by atoms with van der Waals surface area (Å²) in [5.74, 6) is -1.43. The number of benzene rings is 1. The molecule has 5 atom stereocenters. The number of rotatable bonds is 4. The second kappa shape index (κ2) is 7.60. The Balaban J connectivity index is 1.88. The van der Waals surface area contributed by atoms with Crippen LogP contribution in [0.1, 0.15) is 5.56 Å². The van der Waals surface area contributed by atoms with Crippen molar-refractivity contribution in [3.05, 3.63) is 29.8 Å². The highest BCUT2D eigenvalue weighted by atomic mass is 16.6. The Bertz CT molecular complexity index is 615. The van der Waals surface area contributed by atoms with Crippen LogP contribution in [0.15, 0.2) is 24.3 Å². The number of hydrogen-bond donors (Lipinski definition) is 6. The Hall–Kier alpha value is -2.17. The molecule has 1 fully saturated rings. The number of aliphatic hydroxyl groups is 4. The fourth-order valence-corrected chi connectivity index (χ4v) is 2.09. The summed E-state index contributed by atoms with van der Waals surface area (Å²) in [4.78, 5) is 11.6. The van der Waals surface area contributed by atoms with Gasteiger partial charge in [0, 0.05) is 6.08 Å². The lowest BCUT2D eigenvalue weighted by molar-refractivity contribution is -0.287. The van der Waals surface area contributed by atoms with E-state index < -0.39 is 43.3 Å². The minimum Gasteiger partial charge on any atom is -0.504 e. The van der Waals surface area contributed by atoms with Crippen LogP contribution in [0.5, 0.6) is 11.5 Å². The van der Waals surface area contributed by atoms with Gasteiger partial charge in [-0.15, -0.1) is 0 Å². The molecule has 0 bridgehead atoms. The summed E-state index contributed by atoms with van der Waals surface area (Å²) in [5, 5.41) is 56.4. The van der Waals surface area contributed by atoms with Crippen LogP contribution >= 0.6 is 0 Å². The number of ether oxygens (including phenoxy) is 2. The highest BCUT2D eigenvalue weighted by molar-refractivity contribution is 5.87. The molecule has 132 valence electrons. The van der Waals surface area contributed by atoms with Gasteiger partial charge in [0.2, 0.25) is 0 Å².